The minimum Gasteiger partial charge on any atom is -0.380 e. The summed E-state index contributed by atoms with van der Waals surface area (Å²) in [5, 5.41) is 8.84. The first-order valence-corrected chi connectivity index (χ1v) is 3.10. The second-order valence-corrected chi connectivity index (χ2v) is 2.91. The van der Waals surface area contributed by atoms with Crippen LogP contribution < -0.4 is 0 Å². The molecule has 1 N–H and O–H groups in total. The highest BCUT2D eigenvalue weighted by Gasteiger charge is 2.49. The van der Waals surface area contributed by atoms with Crippen molar-refractivity contribution in [2.45, 2.75) is 32.0 Å². The first kappa shape index (κ1) is 10.5. The van der Waals surface area contributed by atoms with Crippen LogP contribution in [0.4, 0.5) is 13.2 Å². The highest BCUT2D eigenvalue weighted by molar-refractivity contribution is 4.98. The van der Waals surface area contributed by atoms with Crippen LogP contribution in [0.5, 0.6) is 0 Å². The van der Waals surface area contributed by atoms with Crippen molar-refractivity contribution in [3.05, 3.63) is 12.2 Å². The Balaban J connectivity index is 4.34. The van der Waals surface area contributed by atoms with Crippen LogP contribution in [0.15, 0.2) is 12.2 Å². The van der Waals surface area contributed by atoms with E-state index in [1.807, 2.05) is 0 Å². The van der Waals surface area contributed by atoms with Gasteiger partial charge in [-0.1, -0.05) is 5.57 Å². The highest BCUT2D eigenvalue weighted by atomic mass is 19.4. The number of halogens is 3. The van der Waals surface area contributed by atoms with E-state index in [2.05, 4.69) is 6.58 Å². The van der Waals surface area contributed by atoms with Gasteiger partial charge in [0.15, 0.2) is 5.60 Å². The Morgan fingerprint density at radius 2 is 1.82 bits per heavy atom. The molecule has 4 heteroatoms. The van der Waals surface area contributed by atoms with Gasteiger partial charge in [0.2, 0.25) is 0 Å². The minimum absolute atomic E-state index is 0.312. The second-order valence-electron chi connectivity index (χ2n) is 2.91. The van der Waals surface area contributed by atoms with Crippen LogP contribution in [-0.4, -0.2) is 16.9 Å². The van der Waals surface area contributed by atoms with E-state index in [-0.39, 0.29) is 0 Å². The van der Waals surface area contributed by atoms with Crippen LogP contribution in [0.1, 0.15) is 20.3 Å². The molecule has 1 nitrogen and oxygen atoms in total. The summed E-state index contributed by atoms with van der Waals surface area (Å²) in [6.07, 6.45) is -5.03. The summed E-state index contributed by atoms with van der Waals surface area (Å²) in [6.45, 7) is 5.48. The number of rotatable bonds is 2. The van der Waals surface area contributed by atoms with Gasteiger partial charge in [-0.05, 0) is 13.8 Å². The van der Waals surface area contributed by atoms with Crippen molar-refractivity contribution in [1.29, 1.82) is 0 Å². The molecule has 0 amide bonds. The van der Waals surface area contributed by atoms with Gasteiger partial charge in [-0.3, -0.25) is 0 Å². The van der Waals surface area contributed by atoms with E-state index in [9.17, 15) is 13.2 Å². The van der Waals surface area contributed by atoms with Gasteiger partial charge in [0, 0.05) is 6.42 Å². The molecule has 0 aliphatic rings. The smallest absolute Gasteiger partial charge is 0.380 e. The maximum atomic E-state index is 11.9. The van der Waals surface area contributed by atoms with E-state index in [0.29, 0.717) is 5.57 Å². The molecule has 0 aromatic heterocycles. The fraction of sp³-hybridized carbons (Fsp3) is 0.714. The van der Waals surface area contributed by atoms with E-state index in [4.69, 9.17) is 5.11 Å². The van der Waals surface area contributed by atoms with Gasteiger partial charge in [0.25, 0.3) is 0 Å². The molecule has 0 aromatic carbocycles. The average molecular weight is 168 g/mol. The largest absolute Gasteiger partial charge is 0.417 e. The van der Waals surface area contributed by atoms with Gasteiger partial charge in [-0.15, -0.1) is 6.58 Å². The van der Waals surface area contributed by atoms with Crippen molar-refractivity contribution in [3.63, 3.8) is 0 Å². The molecule has 0 saturated carbocycles. The van der Waals surface area contributed by atoms with Gasteiger partial charge in [-0.25, -0.2) is 0 Å². The molecule has 0 aliphatic carbocycles. The fourth-order valence-electron chi connectivity index (χ4n) is 0.688. The summed E-state index contributed by atoms with van der Waals surface area (Å²) in [5.74, 6) is 0. The zero-order valence-corrected chi connectivity index (χ0v) is 6.50. The van der Waals surface area contributed by atoms with Gasteiger partial charge in [-0.2, -0.15) is 13.2 Å². The van der Waals surface area contributed by atoms with Gasteiger partial charge in [0.1, 0.15) is 0 Å². The van der Waals surface area contributed by atoms with Crippen molar-refractivity contribution in [3.8, 4) is 0 Å². The Hall–Kier alpha value is -0.510. The van der Waals surface area contributed by atoms with E-state index >= 15 is 0 Å². The summed E-state index contributed by atoms with van der Waals surface area (Å²) >= 11 is 0. The number of aliphatic hydroxyl groups is 1. The molecule has 0 fully saturated rings. The lowest BCUT2D eigenvalue weighted by Gasteiger charge is -2.26. The zero-order chi connectivity index (χ0) is 9.28. The molecule has 0 aliphatic heterocycles. The lowest BCUT2D eigenvalue weighted by molar-refractivity contribution is -0.252. The van der Waals surface area contributed by atoms with Crippen molar-refractivity contribution < 1.29 is 18.3 Å². The van der Waals surface area contributed by atoms with Crippen molar-refractivity contribution in [2.24, 2.45) is 0 Å². The van der Waals surface area contributed by atoms with Crippen LogP contribution in [-0.2, 0) is 0 Å². The van der Waals surface area contributed by atoms with Crippen LogP contribution >= 0.6 is 0 Å². The Labute approximate surface area is 63.5 Å². The average Bonchev–Trinajstić information content (AvgIpc) is 1.56. The zero-order valence-electron chi connectivity index (χ0n) is 6.50. The standard InChI is InChI=1S/C7H11F3O/c1-5(2)4-6(3,11)7(8,9)10/h11H,1,4H2,2-3H3. The molecule has 0 bridgehead atoms. The molecule has 1 atom stereocenters. The molecule has 11 heavy (non-hydrogen) atoms. The Bertz CT molecular complexity index is 158. The Kier molecular flexibility index (Phi) is 2.72. The van der Waals surface area contributed by atoms with E-state index < -0.39 is 18.2 Å². The van der Waals surface area contributed by atoms with Gasteiger partial charge >= 0.3 is 6.18 Å². The predicted molar refractivity (Wildman–Crippen MR) is 36.1 cm³/mol. The van der Waals surface area contributed by atoms with E-state index in [1.54, 1.807) is 0 Å². The summed E-state index contributed by atoms with van der Waals surface area (Å²) in [7, 11) is 0. The van der Waals surface area contributed by atoms with Gasteiger partial charge < -0.3 is 5.11 Å². The molecule has 0 spiro atoms. The molecule has 0 radical (unpaired) electrons. The predicted octanol–water partition coefficient (Wildman–Crippen LogP) is 2.27. The minimum atomic E-state index is -4.58. The fourth-order valence-corrected chi connectivity index (χ4v) is 0.688. The van der Waals surface area contributed by atoms with Crippen LogP contribution in [0.25, 0.3) is 0 Å². The van der Waals surface area contributed by atoms with E-state index in [1.165, 1.54) is 6.92 Å². The van der Waals surface area contributed by atoms with Crippen molar-refractivity contribution >= 4 is 0 Å². The number of alkyl halides is 3. The monoisotopic (exact) mass is 168 g/mol. The van der Waals surface area contributed by atoms with Crippen molar-refractivity contribution in [1.82, 2.24) is 0 Å². The third-order valence-corrected chi connectivity index (χ3v) is 1.26. The molecular weight excluding hydrogens is 157 g/mol. The quantitative estimate of drug-likeness (QED) is 0.627. The van der Waals surface area contributed by atoms with Crippen molar-refractivity contribution in [2.75, 3.05) is 0 Å². The molecule has 0 saturated heterocycles. The molecule has 0 heterocycles. The van der Waals surface area contributed by atoms with Crippen LogP contribution in [0.2, 0.25) is 0 Å². The first-order chi connectivity index (χ1) is 4.67. The molecule has 0 aromatic rings. The molecule has 0 rings (SSSR count). The number of hydrogen-bond donors (Lipinski definition) is 1. The van der Waals surface area contributed by atoms with E-state index in [0.717, 1.165) is 6.92 Å². The second kappa shape index (κ2) is 2.85. The van der Waals surface area contributed by atoms with Gasteiger partial charge in [0.05, 0.1) is 0 Å². The molecule has 66 valence electrons. The summed E-state index contributed by atoms with van der Waals surface area (Å²) in [5.41, 5.74) is -2.33. The third kappa shape index (κ3) is 2.93. The summed E-state index contributed by atoms with van der Waals surface area (Å²) in [6, 6.07) is 0. The SMILES string of the molecule is C=C(C)CC(C)(O)C(F)(F)F. The molecular formula is C7H11F3O. The highest BCUT2D eigenvalue weighted by Crippen LogP contribution is 2.34. The van der Waals surface area contributed by atoms with Crippen LogP contribution in [0, 0.1) is 0 Å². The first-order valence-electron chi connectivity index (χ1n) is 3.10. The molecule has 1 unspecified atom stereocenters. The lowest BCUT2D eigenvalue weighted by atomic mass is 9.98. The summed E-state index contributed by atoms with van der Waals surface area (Å²) < 4.78 is 35.7. The number of hydrogen-bond acceptors (Lipinski definition) is 1. The Morgan fingerprint density at radius 1 is 1.45 bits per heavy atom. The lowest BCUT2D eigenvalue weighted by Crippen LogP contribution is -2.42. The topological polar surface area (TPSA) is 20.2 Å². The summed E-state index contributed by atoms with van der Waals surface area (Å²) in [4.78, 5) is 0. The van der Waals surface area contributed by atoms with Crippen LogP contribution in [0.3, 0.4) is 0 Å². The Morgan fingerprint density at radius 3 is 1.91 bits per heavy atom. The maximum Gasteiger partial charge on any atom is 0.417 e. The normalized spacial score (nSPS) is 17.6. The maximum absolute atomic E-state index is 11.9. The third-order valence-electron chi connectivity index (χ3n) is 1.26.